The number of carbonyl (C=O) groups excluding carboxylic acids is 1. The minimum absolute atomic E-state index is 0.145. The molecule has 4 heterocycles. The zero-order valence-electron chi connectivity index (χ0n) is 23.3. The van der Waals surface area contributed by atoms with Crippen molar-refractivity contribution in [1.29, 1.82) is 5.26 Å². The summed E-state index contributed by atoms with van der Waals surface area (Å²) in [6.45, 7) is 3.69. The van der Waals surface area contributed by atoms with E-state index in [1.165, 1.54) is 12.4 Å². The number of nitrogens with two attached hydrogens (primary N) is 1. The second-order valence-corrected chi connectivity index (χ2v) is 11.0. The molecule has 2 aliphatic rings. The summed E-state index contributed by atoms with van der Waals surface area (Å²) in [5.74, 6) is 1.46. The Bertz CT molecular complexity index is 1370. The number of ether oxygens (including phenoxy) is 1. The molecule has 2 aliphatic heterocycles. The molecule has 214 valence electrons. The van der Waals surface area contributed by atoms with Crippen molar-refractivity contribution >= 4 is 17.4 Å². The number of nitrogens with zero attached hydrogens (tertiary/aromatic N) is 5. The largest absolute Gasteiger partial charge is 0.493 e. The van der Waals surface area contributed by atoms with Crippen molar-refractivity contribution in [3.05, 3.63) is 77.2 Å². The van der Waals surface area contributed by atoms with Crippen molar-refractivity contribution in [2.24, 2.45) is 11.7 Å². The van der Waals surface area contributed by atoms with Gasteiger partial charge in [-0.05, 0) is 81.2 Å². The molecule has 2 atom stereocenters. The number of benzene rings is 1. The highest BCUT2D eigenvalue weighted by Gasteiger charge is 2.31. The van der Waals surface area contributed by atoms with Crippen LogP contribution in [0.5, 0.6) is 5.75 Å². The summed E-state index contributed by atoms with van der Waals surface area (Å²) in [4.78, 5) is 25.1. The average Bonchev–Trinajstić information content (AvgIpc) is 2.99. The van der Waals surface area contributed by atoms with Crippen LogP contribution in [-0.2, 0) is 6.42 Å². The molecule has 0 bridgehead atoms. The third-order valence-electron chi connectivity index (χ3n) is 7.94. The fourth-order valence-electron chi connectivity index (χ4n) is 5.38. The van der Waals surface area contributed by atoms with E-state index in [1.807, 2.05) is 35.2 Å². The van der Waals surface area contributed by atoms with Gasteiger partial charge in [0, 0.05) is 31.1 Å². The number of nitriles is 1. The molecule has 2 saturated heterocycles. The lowest BCUT2D eigenvalue weighted by molar-refractivity contribution is 0.100. The van der Waals surface area contributed by atoms with Crippen LogP contribution in [0.3, 0.4) is 0 Å². The molecule has 0 aliphatic carbocycles. The zero-order chi connectivity index (χ0) is 28.8. The fourth-order valence-corrected chi connectivity index (χ4v) is 5.38. The maximum atomic E-state index is 15.3. The number of hydrogen-bond acceptors (Lipinski definition) is 8. The van der Waals surface area contributed by atoms with E-state index >= 15 is 4.39 Å². The molecule has 2 fully saturated rings. The van der Waals surface area contributed by atoms with Gasteiger partial charge >= 0.3 is 0 Å². The van der Waals surface area contributed by atoms with Crippen molar-refractivity contribution in [3.63, 3.8) is 0 Å². The Morgan fingerprint density at radius 2 is 1.90 bits per heavy atom. The van der Waals surface area contributed by atoms with Gasteiger partial charge in [-0.15, -0.1) is 0 Å². The van der Waals surface area contributed by atoms with E-state index in [4.69, 9.17) is 15.7 Å². The summed E-state index contributed by atoms with van der Waals surface area (Å²) in [7, 11) is 2.16. The van der Waals surface area contributed by atoms with Crippen molar-refractivity contribution < 1.29 is 13.9 Å². The molecule has 0 saturated carbocycles. The van der Waals surface area contributed by atoms with Crippen LogP contribution >= 0.6 is 0 Å². The Labute approximate surface area is 240 Å². The van der Waals surface area contributed by atoms with Crippen LogP contribution in [0.1, 0.15) is 46.4 Å². The highest BCUT2D eigenvalue weighted by molar-refractivity contribution is 5.98. The molecule has 0 radical (unpaired) electrons. The smallest absolute Gasteiger partial charge is 0.252 e. The predicted molar refractivity (Wildman–Crippen MR) is 156 cm³/mol. The second kappa shape index (κ2) is 13.0. The first-order valence-electron chi connectivity index (χ1n) is 14.1. The minimum atomic E-state index is -1.21. The molecule has 10 heteroatoms. The molecule has 1 aromatic carbocycles. The van der Waals surface area contributed by atoms with Gasteiger partial charge in [0.25, 0.3) is 5.91 Å². The Balaban J connectivity index is 1.20. The molecule has 0 spiro atoms. The topological polar surface area (TPSA) is 120 Å². The summed E-state index contributed by atoms with van der Waals surface area (Å²) < 4.78 is 21.3. The van der Waals surface area contributed by atoms with Crippen molar-refractivity contribution in [1.82, 2.24) is 14.9 Å². The van der Waals surface area contributed by atoms with Gasteiger partial charge in [0.05, 0.1) is 36.0 Å². The molecule has 41 heavy (non-hydrogen) atoms. The lowest BCUT2D eigenvalue weighted by Gasteiger charge is -2.36. The Kier molecular flexibility index (Phi) is 8.95. The first-order valence-corrected chi connectivity index (χ1v) is 14.1. The molecule has 5 rings (SSSR count). The minimum Gasteiger partial charge on any atom is -0.493 e. The quantitative estimate of drug-likeness (QED) is 0.408. The maximum absolute atomic E-state index is 15.3. The third-order valence-corrected chi connectivity index (χ3v) is 7.94. The first-order chi connectivity index (χ1) is 19.9. The molecular formula is C31H36FN7O2. The number of piperidine rings is 2. The molecule has 3 N–H and O–H groups in total. The molecule has 9 nitrogen and oxygen atoms in total. The maximum Gasteiger partial charge on any atom is 0.252 e. The van der Waals surface area contributed by atoms with Gasteiger partial charge in [0.1, 0.15) is 23.8 Å². The number of alkyl halides is 1. The van der Waals surface area contributed by atoms with E-state index in [0.29, 0.717) is 42.4 Å². The lowest BCUT2D eigenvalue weighted by Crippen LogP contribution is -2.48. The van der Waals surface area contributed by atoms with E-state index < -0.39 is 18.1 Å². The van der Waals surface area contributed by atoms with E-state index in [0.717, 1.165) is 49.5 Å². The normalized spacial score (nSPS) is 19.9. The van der Waals surface area contributed by atoms with Gasteiger partial charge in [-0.25, -0.2) is 9.37 Å². The van der Waals surface area contributed by atoms with Crippen LogP contribution in [-0.4, -0.2) is 72.8 Å². The van der Waals surface area contributed by atoms with E-state index in [9.17, 15) is 4.79 Å². The zero-order valence-corrected chi connectivity index (χ0v) is 23.3. The van der Waals surface area contributed by atoms with Gasteiger partial charge in [0.2, 0.25) is 0 Å². The SMILES string of the molecule is CN1CCC(COc2ccc(Cc3cc(N[C@@H]4CCN(c5ccc(C#N)cn5)C[C@@H]4F)c(C(N)=O)cn3)cc2)CC1. The van der Waals surface area contributed by atoms with Gasteiger partial charge in [0.15, 0.2) is 0 Å². The number of anilines is 2. The van der Waals surface area contributed by atoms with Crippen LogP contribution in [0, 0.1) is 17.2 Å². The molecule has 1 amide bonds. The number of carbonyl (C=O) groups is 1. The monoisotopic (exact) mass is 557 g/mol. The number of amides is 1. The standard InChI is InChI=1S/C31H36FN7O2/c1-38-11-8-22(9-12-38)20-41-25-5-2-21(3-6-25)14-24-15-29(26(18-35-24)31(34)40)37-28-10-13-39(19-27(28)32)30-7-4-23(16-33)17-36-30/h2-7,15,17-18,22,27-28H,8-14,19-20H2,1H3,(H2,34,40)(H,35,37)/t27-,28+/m0/s1. The number of pyridine rings is 2. The fraction of sp³-hybridized carbons (Fsp3) is 0.419. The highest BCUT2D eigenvalue weighted by atomic mass is 19.1. The van der Waals surface area contributed by atoms with Gasteiger partial charge in [-0.2, -0.15) is 5.26 Å². The highest BCUT2D eigenvalue weighted by Crippen LogP contribution is 2.26. The molecule has 2 aromatic heterocycles. The van der Waals surface area contributed by atoms with Crippen molar-refractivity contribution in [2.75, 3.05) is 50.1 Å². The number of primary amides is 1. The summed E-state index contributed by atoms with van der Waals surface area (Å²) in [6.07, 6.45) is 5.11. The number of halogens is 1. The van der Waals surface area contributed by atoms with E-state index in [2.05, 4.69) is 27.2 Å². The van der Waals surface area contributed by atoms with Crippen molar-refractivity contribution in [2.45, 2.75) is 37.9 Å². The molecular weight excluding hydrogens is 521 g/mol. The summed E-state index contributed by atoms with van der Waals surface area (Å²) in [5, 5.41) is 12.2. The van der Waals surface area contributed by atoms with Gasteiger partial charge < -0.3 is 25.6 Å². The van der Waals surface area contributed by atoms with Crippen molar-refractivity contribution in [3.8, 4) is 11.8 Å². The number of hydrogen-bond donors (Lipinski definition) is 2. The average molecular weight is 558 g/mol. The van der Waals surface area contributed by atoms with Crippen LogP contribution < -0.4 is 20.7 Å². The number of likely N-dealkylation sites (tertiary alicyclic amines) is 1. The number of aromatic nitrogens is 2. The summed E-state index contributed by atoms with van der Waals surface area (Å²) in [5.41, 5.74) is 8.58. The third kappa shape index (κ3) is 7.30. The van der Waals surface area contributed by atoms with Crippen LogP contribution in [0.2, 0.25) is 0 Å². The van der Waals surface area contributed by atoms with Gasteiger partial charge in [-0.3, -0.25) is 9.78 Å². The second-order valence-electron chi connectivity index (χ2n) is 11.0. The number of nitrogens with one attached hydrogen (secondary N) is 1. The molecule has 0 unspecified atom stereocenters. The summed E-state index contributed by atoms with van der Waals surface area (Å²) >= 11 is 0. The Hall–Kier alpha value is -4.23. The van der Waals surface area contributed by atoms with Crippen LogP contribution in [0.4, 0.5) is 15.9 Å². The first kappa shape index (κ1) is 28.3. The van der Waals surface area contributed by atoms with Crippen LogP contribution in [0.25, 0.3) is 0 Å². The Morgan fingerprint density at radius 3 is 2.56 bits per heavy atom. The van der Waals surface area contributed by atoms with E-state index in [1.54, 1.807) is 18.2 Å². The molecule has 3 aromatic rings. The number of rotatable bonds is 9. The Morgan fingerprint density at radius 1 is 1.12 bits per heavy atom. The van der Waals surface area contributed by atoms with Gasteiger partial charge in [-0.1, -0.05) is 12.1 Å². The van der Waals surface area contributed by atoms with Crippen LogP contribution in [0.15, 0.2) is 54.9 Å². The summed E-state index contributed by atoms with van der Waals surface area (Å²) in [6, 6.07) is 14.7. The lowest BCUT2D eigenvalue weighted by atomic mass is 9.98. The predicted octanol–water partition coefficient (Wildman–Crippen LogP) is 3.79. The van der Waals surface area contributed by atoms with E-state index in [-0.39, 0.29) is 12.1 Å².